The predicted molar refractivity (Wildman–Crippen MR) is 217 cm³/mol. The van der Waals surface area contributed by atoms with Crippen LogP contribution in [0.15, 0.2) is 110 Å². The van der Waals surface area contributed by atoms with E-state index in [4.69, 9.17) is 46.4 Å². The Morgan fingerprint density at radius 1 is 0.375 bits per heavy atom. The molecule has 0 atom stereocenters. The molecule has 7 aromatic carbocycles. The molecule has 9 aromatic rings. The van der Waals surface area contributed by atoms with Gasteiger partial charge >= 0.3 is 0 Å². The summed E-state index contributed by atoms with van der Waals surface area (Å²) in [4.78, 5) is 67.8. The predicted octanol–water partition coefficient (Wildman–Crippen LogP) is 10.3. The minimum atomic E-state index is -0.581. The lowest BCUT2D eigenvalue weighted by Crippen LogP contribution is -2.40. The van der Waals surface area contributed by atoms with Crippen LogP contribution in [0.3, 0.4) is 0 Å². The van der Waals surface area contributed by atoms with Crippen LogP contribution in [0.2, 0.25) is 20.1 Å². The number of hydrogen-bond acceptors (Lipinski definition) is 6. The summed E-state index contributed by atoms with van der Waals surface area (Å²) in [5, 5.41) is 3.72. The third-order valence-corrected chi connectivity index (χ3v) is 11.9. The van der Waals surface area contributed by atoms with Gasteiger partial charge in [0.1, 0.15) is 0 Å². The van der Waals surface area contributed by atoms with Gasteiger partial charge in [-0.15, -0.1) is 0 Å². The molecule has 268 valence electrons. The molecule has 2 aliphatic rings. The highest BCUT2D eigenvalue weighted by atomic mass is 35.5. The molecule has 4 amide bonds. The Balaban J connectivity index is 1.13. The van der Waals surface area contributed by atoms with E-state index in [0.29, 0.717) is 54.5 Å². The molecule has 2 aromatic heterocycles. The number of aromatic nitrogens is 4. The number of hydrogen-bond donors (Lipinski definition) is 0. The summed E-state index contributed by atoms with van der Waals surface area (Å²) in [7, 11) is 0. The average molecular weight is 812 g/mol. The van der Waals surface area contributed by atoms with Gasteiger partial charge in [-0.3, -0.25) is 19.2 Å². The smallest absolute Gasteiger partial charge is 0.266 e. The lowest BCUT2D eigenvalue weighted by atomic mass is 9.82. The van der Waals surface area contributed by atoms with Crippen molar-refractivity contribution in [3.05, 3.63) is 153 Å². The third-order valence-electron chi connectivity index (χ3n) is 10.7. The number of anilines is 2. The number of rotatable bonds is 4. The van der Waals surface area contributed by atoms with Gasteiger partial charge in [0.25, 0.3) is 23.6 Å². The number of amides is 4. The minimum absolute atomic E-state index is 0.150. The second kappa shape index (κ2) is 11.6. The second-order valence-corrected chi connectivity index (χ2v) is 15.1. The number of imide groups is 2. The first kappa shape index (κ1) is 33.1. The van der Waals surface area contributed by atoms with Crippen molar-refractivity contribution in [2.45, 2.75) is 0 Å². The van der Waals surface area contributed by atoms with Crippen molar-refractivity contribution in [3.8, 4) is 11.4 Å². The van der Waals surface area contributed by atoms with Crippen LogP contribution < -0.4 is 9.80 Å². The molecule has 10 nitrogen and oxygen atoms in total. The molecular weight excluding hydrogens is 794 g/mol. The van der Waals surface area contributed by atoms with Gasteiger partial charge in [-0.2, -0.15) is 0 Å². The lowest BCUT2D eigenvalue weighted by molar-refractivity contribution is 0.0877. The molecule has 0 N–H and O–H groups in total. The van der Waals surface area contributed by atoms with Crippen LogP contribution in [0.4, 0.5) is 11.4 Å². The van der Waals surface area contributed by atoms with Crippen molar-refractivity contribution in [1.82, 2.24) is 19.1 Å². The normalized spacial score (nSPS) is 14.1. The molecule has 56 heavy (non-hydrogen) atoms. The number of nitrogens with zero attached hydrogens (tertiary/aromatic N) is 6. The average Bonchev–Trinajstić information content (AvgIpc) is 3.94. The molecular formula is C42H18Cl4N6O4. The number of halogens is 4. The first-order chi connectivity index (χ1) is 27.1. The Labute approximate surface area is 334 Å². The van der Waals surface area contributed by atoms with E-state index < -0.39 is 23.6 Å². The van der Waals surface area contributed by atoms with E-state index in [1.165, 1.54) is 24.3 Å². The number of imidazole rings is 2. The SMILES string of the molecule is O=C1c2cc(Cl)c3c4c(Cl)cc5c6c(cc(Cl)c(c7c(Cl)cc(c2c37)C(=O)N1c1ccc(-n2ccnc2)cc1)c64)C(=O)N(c1ccc(-n2ccnc2)cc1)C5=O. The van der Waals surface area contributed by atoms with Crippen molar-refractivity contribution in [2.24, 2.45) is 0 Å². The fourth-order valence-corrected chi connectivity index (χ4v) is 9.49. The molecule has 0 fully saturated rings. The Morgan fingerprint density at radius 2 is 0.661 bits per heavy atom. The van der Waals surface area contributed by atoms with Gasteiger partial charge < -0.3 is 9.13 Å². The minimum Gasteiger partial charge on any atom is -0.306 e. The van der Waals surface area contributed by atoms with E-state index >= 15 is 0 Å². The van der Waals surface area contributed by atoms with Gasteiger partial charge in [-0.1, -0.05) is 46.4 Å². The van der Waals surface area contributed by atoms with Gasteiger partial charge in [0.2, 0.25) is 0 Å². The summed E-state index contributed by atoms with van der Waals surface area (Å²) >= 11 is 28.6. The van der Waals surface area contributed by atoms with Gasteiger partial charge in [-0.05, 0) is 72.8 Å². The number of carbonyl (C=O) groups is 4. The highest BCUT2D eigenvalue weighted by molar-refractivity contribution is 6.57. The van der Waals surface area contributed by atoms with E-state index in [-0.39, 0.29) is 42.3 Å². The summed E-state index contributed by atoms with van der Waals surface area (Å²) in [6.07, 6.45) is 10.2. The molecule has 2 aliphatic heterocycles. The van der Waals surface area contributed by atoms with Crippen LogP contribution in [0.1, 0.15) is 41.4 Å². The van der Waals surface area contributed by atoms with Crippen molar-refractivity contribution >= 4 is 124 Å². The van der Waals surface area contributed by atoms with Gasteiger partial charge in [0.15, 0.2) is 0 Å². The summed E-state index contributed by atoms with van der Waals surface area (Å²) < 4.78 is 3.60. The van der Waals surface area contributed by atoms with Gasteiger partial charge in [-0.25, -0.2) is 19.8 Å². The van der Waals surface area contributed by atoms with E-state index in [1.54, 1.807) is 95.1 Å². The van der Waals surface area contributed by atoms with E-state index in [1.807, 2.05) is 0 Å². The second-order valence-electron chi connectivity index (χ2n) is 13.5. The van der Waals surface area contributed by atoms with E-state index in [0.717, 1.165) is 21.2 Å². The molecule has 0 radical (unpaired) electrons. The first-order valence-corrected chi connectivity index (χ1v) is 18.6. The number of carbonyl (C=O) groups excluding carboxylic acids is 4. The number of fused-ring (bicyclic) bond motifs is 2. The highest BCUT2D eigenvalue weighted by Gasteiger charge is 2.40. The molecule has 4 heterocycles. The molecule has 0 bridgehead atoms. The maximum absolute atomic E-state index is 14.4. The van der Waals surface area contributed by atoms with E-state index in [9.17, 15) is 19.2 Å². The third kappa shape index (κ3) is 4.29. The Kier molecular flexibility index (Phi) is 6.86. The highest BCUT2D eigenvalue weighted by Crippen LogP contribution is 2.54. The van der Waals surface area contributed by atoms with Crippen LogP contribution in [0.25, 0.3) is 54.5 Å². The van der Waals surface area contributed by atoms with Gasteiger partial charge in [0, 0.05) is 99.3 Å². The van der Waals surface area contributed by atoms with Crippen LogP contribution >= 0.6 is 46.4 Å². The summed E-state index contributed by atoms with van der Waals surface area (Å²) in [5.74, 6) is -2.33. The summed E-state index contributed by atoms with van der Waals surface area (Å²) in [6.45, 7) is 0. The Hall–Kier alpha value is -6.30. The fourth-order valence-electron chi connectivity index (χ4n) is 8.30. The van der Waals surface area contributed by atoms with Crippen molar-refractivity contribution < 1.29 is 19.2 Å². The number of benzene rings is 7. The van der Waals surface area contributed by atoms with Crippen molar-refractivity contribution in [3.63, 3.8) is 0 Å². The van der Waals surface area contributed by atoms with Gasteiger partial charge in [0.05, 0.1) is 46.3 Å². The maximum atomic E-state index is 14.4. The quantitative estimate of drug-likeness (QED) is 0.0994. The molecule has 0 unspecified atom stereocenters. The molecule has 0 spiro atoms. The molecule has 14 heteroatoms. The largest absolute Gasteiger partial charge is 0.306 e. The Morgan fingerprint density at radius 3 is 0.929 bits per heavy atom. The molecule has 0 saturated carbocycles. The summed E-state index contributed by atoms with van der Waals surface area (Å²) in [5.41, 5.74) is 3.01. The van der Waals surface area contributed by atoms with Crippen molar-refractivity contribution in [1.29, 1.82) is 0 Å². The molecule has 0 saturated heterocycles. The standard InChI is InChI=1S/C42H18Cl4N6O4/c43-27-13-23-31-24(40(54)51(39(23)53)21-5-1-19(2-6-21)49-11-9-47-17-49)14-28(44)34-36-30(46)16-26-32-25(15-29(45)35(38(32)36)33(27)37(31)34)41(55)52(42(26)56)22-7-3-20(4-8-22)50-12-10-48-18-50/h1-18H. The summed E-state index contributed by atoms with van der Waals surface area (Å²) in [6, 6.07) is 19.9. The molecule has 0 aliphatic carbocycles. The van der Waals surface area contributed by atoms with Crippen LogP contribution in [0, 0.1) is 0 Å². The molecule has 11 rings (SSSR count). The van der Waals surface area contributed by atoms with Crippen LogP contribution in [0.5, 0.6) is 0 Å². The fraction of sp³-hybridized carbons (Fsp3) is 0. The monoisotopic (exact) mass is 810 g/mol. The first-order valence-electron chi connectivity index (χ1n) is 17.0. The van der Waals surface area contributed by atoms with E-state index in [2.05, 4.69) is 9.97 Å². The van der Waals surface area contributed by atoms with Crippen LogP contribution in [-0.2, 0) is 0 Å². The van der Waals surface area contributed by atoms with Crippen LogP contribution in [-0.4, -0.2) is 42.7 Å². The zero-order chi connectivity index (χ0) is 38.3. The topological polar surface area (TPSA) is 110 Å². The zero-order valence-corrected chi connectivity index (χ0v) is 31.2. The zero-order valence-electron chi connectivity index (χ0n) is 28.2. The van der Waals surface area contributed by atoms with Crippen molar-refractivity contribution in [2.75, 3.05) is 9.80 Å². The lowest BCUT2D eigenvalue weighted by Gasteiger charge is -2.31. The maximum Gasteiger partial charge on any atom is 0.266 e. The Bertz CT molecular complexity index is 2900.